The number of aliphatic hydroxyl groups excluding tert-OH is 1. The number of pyridine rings is 1. The van der Waals surface area contributed by atoms with Crippen LogP contribution in [-0.2, 0) is 9.59 Å². The Morgan fingerprint density at radius 1 is 1.33 bits per heavy atom. The van der Waals surface area contributed by atoms with Gasteiger partial charge < -0.3 is 15.3 Å². The molecule has 0 aromatic carbocycles. The van der Waals surface area contributed by atoms with Gasteiger partial charge in [0.05, 0.1) is 11.8 Å². The standard InChI is InChI=1S/C24H32N6O3/c1-24(2,3)21(30-15-19(27-28-30)17-8-9-17)23(33)29-14-18(31)12-20(29)22(32)26-11-5-7-16-6-4-10-25-13-16/h4-7,10,13,15,17-18,20-21,31H,8-9,11-12,14H2,1-3H3,(H,26,32)/t18-,20+,21+/m0/s1. The fourth-order valence-electron chi connectivity index (χ4n) is 4.27. The van der Waals surface area contributed by atoms with Crippen LogP contribution < -0.4 is 5.32 Å². The molecule has 4 rings (SSSR count). The van der Waals surface area contributed by atoms with Gasteiger partial charge in [0, 0.05) is 44.0 Å². The molecule has 33 heavy (non-hydrogen) atoms. The highest BCUT2D eigenvalue weighted by Crippen LogP contribution is 2.40. The van der Waals surface area contributed by atoms with Gasteiger partial charge in [-0.2, -0.15) is 0 Å². The zero-order chi connectivity index (χ0) is 23.6. The summed E-state index contributed by atoms with van der Waals surface area (Å²) in [6.07, 6.45) is 10.7. The third kappa shape index (κ3) is 5.47. The van der Waals surface area contributed by atoms with E-state index in [9.17, 15) is 14.7 Å². The van der Waals surface area contributed by atoms with Crippen molar-refractivity contribution in [3.05, 3.63) is 48.1 Å². The molecule has 0 spiro atoms. The minimum atomic E-state index is -0.742. The van der Waals surface area contributed by atoms with Gasteiger partial charge in [0.2, 0.25) is 11.8 Å². The van der Waals surface area contributed by atoms with E-state index >= 15 is 0 Å². The molecule has 2 aromatic heterocycles. The SMILES string of the molecule is CC(C)(C)[C@@H](C(=O)N1C[C@@H](O)C[C@@H]1C(=O)NCC=Cc1cccnc1)n1cc(C2CC2)nn1. The molecule has 2 amide bonds. The Morgan fingerprint density at radius 3 is 2.79 bits per heavy atom. The van der Waals surface area contributed by atoms with E-state index in [2.05, 4.69) is 20.6 Å². The van der Waals surface area contributed by atoms with E-state index in [-0.39, 0.29) is 24.8 Å². The fourth-order valence-corrected chi connectivity index (χ4v) is 4.27. The molecule has 1 saturated carbocycles. The summed E-state index contributed by atoms with van der Waals surface area (Å²) in [5.41, 5.74) is 1.39. The number of aromatic nitrogens is 4. The van der Waals surface area contributed by atoms with Gasteiger partial charge in [-0.05, 0) is 29.9 Å². The molecule has 1 aliphatic carbocycles. The third-order valence-electron chi connectivity index (χ3n) is 6.10. The predicted octanol–water partition coefficient (Wildman–Crippen LogP) is 1.93. The predicted molar refractivity (Wildman–Crippen MR) is 123 cm³/mol. The summed E-state index contributed by atoms with van der Waals surface area (Å²) in [5.74, 6) is -0.0701. The van der Waals surface area contributed by atoms with Gasteiger partial charge in [-0.1, -0.05) is 44.2 Å². The summed E-state index contributed by atoms with van der Waals surface area (Å²) in [4.78, 5) is 32.2. The number of carbonyl (C=O) groups excluding carboxylic acids is 2. The second-order valence-electron chi connectivity index (χ2n) is 10.00. The van der Waals surface area contributed by atoms with Crippen molar-refractivity contribution in [2.24, 2.45) is 5.41 Å². The van der Waals surface area contributed by atoms with Gasteiger partial charge in [0.25, 0.3) is 0 Å². The maximum atomic E-state index is 13.7. The maximum Gasteiger partial charge on any atom is 0.248 e. The molecule has 176 valence electrons. The van der Waals surface area contributed by atoms with Crippen molar-refractivity contribution in [2.75, 3.05) is 13.1 Å². The lowest BCUT2D eigenvalue weighted by molar-refractivity contribution is -0.144. The van der Waals surface area contributed by atoms with E-state index in [4.69, 9.17) is 0 Å². The smallest absolute Gasteiger partial charge is 0.248 e. The van der Waals surface area contributed by atoms with Crippen molar-refractivity contribution in [1.82, 2.24) is 30.2 Å². The number of rotatable bonds is 7. The Morgan fingerprint density at radius 2 is 2.12 bits per heavy atom. The molecule has 2 aliphatic rings. The van der Waals surface area contributed by atoms with E-state index in [0.717, 1.165) is 24.1 Å². The number of nitrogens with zero attached hydrogens (tertiary/aromatic N) is 5. The Balaban J connectivity index is 1.45. The van der Waals surface area contributed by atoms with Crippen molar-refractivity contribution in [1.29, 1.82) is 0 Å². The van der Waals surface area contributed by atoms with Gasteiger partial charge in [0.15, 0.2) is 0 Å². The minimum Gasteiger partial charge on any atom is -0.391 e. The maximum absolute atomic E-state index is 13.7. The Hall–Kier alpha value is -3.07. The fraction of sp³-hybridized carbons (Fsp3) is 0.542. The molecule has 9 heteroatoms. The lowest BCUT2D eigenvalue weighted by atomic mass is 9.85. The highest BCUT2D eigenvalue weighted by atomic mass is 16.3. The first-order chi connectivity index (χ1) is 15.7. The third-order valence-corrected chi connectivity index (χ3v) is 6.10. The average molecular weight is 453 g/mol. The molecule has 9 nitrogen and oxygen atoms in total. The molecule has 2 aromatic rings. The number of β-amino-alcohol motifs (C(OH)–C–C–N with tert-alkyl or cyclic N) is 1. The molecular weight excluding hydrogens is 420 g/mol. The Labute approximate surface area is 193 Å². The van der Waals surface area contributed by atoms with Crippen molar-refractivity contribution in [3.63, 3.8) is 0 Å². The van der Waals surface area contributed by atoms with Crippen LogP contribution in [0.4, 0.5) is 0 Å². The van der Waals surface area contributed by atoms with Gasteiger partial charge in [-0.15, -0.1) is 5.10 Å². The van der Waals surface area contributed by atoms with E-state index in [1.54, 1.807) is 17.1 Å². The second-order valence-corrected chi connectivity index (χ2v) is 10.00. The van der Waals surface area contributed by atoms with Crippen LogP contribution in [0, 0.1) is 5.41 Å². The largest absolute Gasteiger partial charge is 0.391 e. The Bertz CT molecular complexity index is 1010. The molecular formula is C24H32N6O3. The lowest BCUT2D eigenvalue weighted by Crippen LogP contribution is -2.50. The van der Waals surface area contributed by atoms with Crippen LogP contribution in [0.1, 0.15) is 63.3 Å². The van der Waals surface area contributed by atoms with E-state index in [1.807, 2.05) is 51.3 Å². The van der Waals surface area contributed by atoms with Crippen molar-refractivity contribution >= 4 is 17.9 Å². The van der Waals surface area contributed by atoms with Crippen LogP contribution in [0.5, 0.6) is 0 Å². The number of nitrogens with one attached hydrogen (secondary N) is 1. The number of likely N-dealkylation sites (tertiary alicyclic amines) is 1. The molecule has 1 saturated heterocycles. The zero-order valence-electron chi connectivity index (χ0n) is 19.4. The number of hydrogen-bond acceptors (Lipinski definition) is 6. The first-order valence-electron chi connectivity index (χ1n) is 11.5. The summed E-state index contributed by atoms with van der Waals surface area (Å²) in [5, 5.41) is 21.7. The molecule has 1 aliphatic heterocycles. The van der Waals surface area contributed by atoms with Gasteiger partial charge in [-0.3, -0.25) is 14.6 Å². The molecule has 2 fully saturated rings. The number of amides is 2. The molecule has 0 unspecified atom stereocenters. The first-order valence-corrected chi connectivity index (χ1v) is 11.5. The van der Waals surface area contributed by atoms with Crippen LogP contribution in [0.2, 0.25) is 0 Å². The molecule has 0 bridgehead atoms. The molecule has 3 atom stereocenters. The van der Waals surface area contributed by atoms with Crippen LogP contribution in [0.15, 0.2) is 36.8 Å². The van der Waals surface area contributed by atoms with Gasteiger partial charge >= 0.3 is 0 Å². The lowest BCUT2D eigenvalue weighted by Gasteiger charge is -2.34. The van der Waals surface area contributed by atoms with Crippen LogP contribution >= 0.6 is 0 Å². The topological polar surface area (TPSA) is 113 Å². The van der Waals surface area contributed by atoms with Crippen molar-refractivity contribution in [2.45, 2.75) is 64.1 Å². The summed E-state index contributed by atoms with van der Waals surface area (Å²) in [6.45, 7) is 6.36. The number of aliphatic hydroxyl groups is 1. The molecule has 2 N–H and O–H groups in total. The average Bonchev–Trinajstić information content (AvgIpc) is 3.38. The summed E-state index contributed by atoms with van der Waals surface area (Å²) < 4.78 is 1.63. The summed E-state index contributed by atoms with van der Waals surface area (Å²) in [7, 11) is 0. The summed E-state index contributed by atoms with van der Waals surface area (Å²) in [6, 6.07) is 2.42. The van der Waals surface area contributed by atoms with Gasteiger partial charge in [0.1, 0.15) is 12.1 Å². The normalized spacial score (nSPS) is 22.0. The van der Waals surface area contributed by atoms with Crippen LogP contribution in [0.25, 0.3) is 6.08 Å². The highest BCUT2D eigenvalue weighted by Gasteiger charge is 2.45. The number of hydrogen-bond donors (Lipinski definition) is 2. The highest BCUT2D eigenvalue weighted by molar-refractivity contribution is 5.90. The van der Waals surface area contributed by atoms with E-state index in [0.29, 0.717) is 12.5 Å². The van der Waals surface area contributed by atoms with E-state index < -0.39 is 23.6 Å². The monoisotopic (exact) mass is 452 g/mol. The second kappa shape index (κ2) is 9.43. The molecule has 0 radical (unpaired) electrons. The first kappa shape index (κ1) is 23.1. The molecule has 3 heterocycles. The quantitative estimate of drug-likeness (QED) is 0.664. The van der Waals surface area contributed by atoms with Crippen molar-refractivity contribution in [3.8, 4) is 0 Å². The van der Waals surface area contributed by atoms with E-state index in [1.165, 1.54) is 4.90 Å². The van der Waals surface area contributed by atoms with Crippen LogP contribution in [0.3, 0.4) is 0 Å². The van der Waals surface area contributed by atoms with Crippen LogP contribution in [-0.4, -0.2) is 67.0 Å². The van der Waals surface area contributed by atoms with Gasteiger partial charge in [-0.25, -0.2) is 4.68 Å². The van der Waals surface area contributed by atoms with Crippen molar-refractivity contribution < 1.29 is 14.7 Å². The minimum absolute atomic E-state index is 0.124. The Kier molecular flexibility index (Phi) is 6.60. The number of carbonyl (C=O) groups is 2. The zero-order valence-corrected chi connectivity index (χ0v) is 19.4. The summed E-state index contributed by atoms with van der Waals surface area (Å²) >= 11 is 0.